The van der Waals surface area contributed by atoms with Crippen molar-refractivity contribution in [2.75, 3.05) is 13.1 Å². The number of carbonyl (C=O) groups is 2. The molecule has 1 unspecified atom stereocenters. The fourth-order valence-corrected chi connectivity index (χ4v) is 6.04. The summed E-state index contributed by atoms with van der Waals surface area (Å²) in [5, 5.41) is 8.98. The second-order valence-electron chi connectivity index (χ2n) is 8.99. The van der Waals surface area contributed by atoms with Gasteiger partial charge in [0, 0.05) is 38.2 Å². The lowest BCUT2D eigenvalue weighted by Crippen LogP contribution is -2.51. The minimum absolute atomic E-state index is 0.171. The molecule has 0 aliphatic carbocycles. The maximum Gasteiger partial charge on any atom is 0.284 e. The van der Waals surface area contributed by atoms with Gasteiger partial charge in [-0.25, -0.2) is 8.78 Å². The highest BCUT2D eigenvalue weighted by Gasteiger charge is 2.58. The normalized spacial score (nSPS) is 23.2. The summed E-state index contributed by atoms with van der Waals surface area (Å²) in [6.07, 6.45) is 3.10. The Labute approximate surface area is 203 Å². The zero-order chi connectivity index (χ0) is 24.2. The van der Waals surface area contributed by atoms with Crippen molar-refractivity contribution in [3.8, 4) is 10.7 Å². The second-order valence-corrected chi connectivity index (χ2v) is 9.97. The molecular weight excluding hydrogens is 476 g/mol. The minimum Gasteiger partial charge on any atom is -0.342 e. The molecule has 35 heavy (non-hydrogen) atoms. The molecule has 6 rings (SSSR count). The van der Waals surface area contributed by atoms with Crippen LogP contribution in [0.4, 0.5) is 8.78 Å². The van der Waals surface area contributed by atoms with Gasteiger partial charge in [-0.2, -0.15) is 0 Å². The number of halogens is 2. The van der Waals surface area contributed by atoms with Gasteiger partial charge in [-0.05, 0) is 42.7 Å². The average Bonchev–Trinajstić information content (AvgIpc) is 3.56. The van der Waals surface area contributed by atoms with E-state index in [0.717, 1.165) is 6.07 Å². The second kappa shape index (κ2) is 8.42. The summed E-state index contributed by atoms with van der Waals surface area (Å²) in [5.41, 5.74) is 0.0678. The van der Waals surface area contributed by atoms with Crippen LogP contribution < -0.4 is 0 Å². The molecule has 0 radical (unpaired) electrons. The maximum absolute atomic E-state index is 13.8. The average molecular weight is 498 g/mol. The Kier molecular flexibility index (Phi) is 5.33. The van der Waals surface area contributed by atoms with E-state index in [2.05, 4.69) is 15.2 Å². The van der Waals surface area contributed by atoms with Gasteiger partial charge in [-0.1, -0.05) is 17.4 Å². The SMILES string of the molecule is O=C(c1nnc(-c2ccccn2)s1)N1CCC2(CC1)OC1CC[C@@H](c3cc(F)cc(F)c3)N1C2=O. The number of carbonyl (C=O) groups excluding carboxylic acids is 2. The molecule has 0 saturated carbocycles. The number of fused-ring (bicyclic) bond motifs is 1. The fraction of sp³-hybridized carbons (Fsp3) is 0.375. The van der Waals surface area contributed by atoms with Gasteiger partial charge in [-0.3, -0.25) is 14.6 Å². The number of likely N-dealkylation sites (tertiary alicyclic amines) is 1. The van der Waals surface area contributed by atoms with Crippen LogP contribution in [0.1, 0.15) is 47.1 Å². The Bertz CT molecular complexity index is 1280. The van der Waals surface area contributed by atoms with Crippen LogP contribution >= 0.6 is 11.3 Å². The van der Waals surface area contributed by atoms with Crippen molar-refractivity contribution in [3.63, 3.8) is 0 Å². The van der Waals surface area contributed by atoms with E-state index in [-0.39, 0.29) is 16.8 Å². The van der Waals surface area contributed by atoms with Gasteiger partial charge in [0.2, 0.25) is 5.01 Å². The van der Waals surface area contributed by atoms with Crippen LogP contribution in [0.25, 0.3) is 10.7 Å². The predicted molar refractivity (Wildman–Crippen MR) is 121 cm³/mol. The van der Waals surface area contributed by atoms with E-state index in [9.17, 15) is 18.4 Å². The summed E-state index contributed by atoms with van der Waals surface area (Å²) < 4.78 is 33.9. The Morgan fingerprint density at radius 2 is 1.86 bits per heavy atom. The number of benzene rings is 1. The maximum atomic E-state index is 13.8. The third kappa shape index (κ3) is 3.79. The Hall–Kier alpha value is -3.31. The topological polar surface area (TPSA) is 88.5 Å². The first-order valence-corrected chi connectivity index (χ1v) is 12.3. The molecule has 3 aliphatic heterocycles. The number of piperidine rings is 1. The summed E-state index contributed by atoms with van der Waals surface area (Å²) in [7, 11) is 0. The van der Waals surface area contributed by atoms with Crippen LogP contribution in [0.15, 0.2) is 42.6 Å². The molecule has 0 N–H and O–H groups in total. The summed E-state index contributed by atoms with van der Waals surface area (Å²) in [6, 6.07) is 8.39. The molecule has 8 nitrogen and oxygen atoms in total. The highest BCUT2D eigenvalue weighted by Crippen LogP contribution is 2.47. The van der Waals surface area contributed by atoms with E-state index < -0.39 is 29.5 Å². The number of amides is 2. The molecule has 11 heteroatoms. The van der Waals surface area contributed by atoms with Gasteiger partial charge in [0.25, 0.3) is 11.8 Å². The quantitative estimate of drug-likeness (QED) is 0.550. The molecule has 3 saturated heterocycles. The molecule has 2 aromatic heterocycles. The van der Waals surface area contributed by atoms with Crippen LogP contribution in [-0.4, -0.2) is 61.7 Å². The molecular formula is C24H21F2N5O3S. The first-order valence-electron chi connectivity index (χ1n) is 11.4. The Balaban J connectivity index is 1.15. The first kappa shape index (κ1) is 22.2. The number of hydrogen-bond acceptors (Lipinski definition) is 7. The Morgan fingerprint density at radius 1 is 1.09 bits per heavy atom. The highest BCUT2D eigenvalue weighted by molar-refractivity contribution is 7.16. The fourth-order valence-electron chi connectivity index (χ4n) is 5.25. The van der Waals surface area contributed by atoms with Crippen molar-refractivity contribution in [1.82, 2.24) is 25.0 Å². The lowest BCUT2D eigenvalue weighted by Gasteiger charge is -2.37. The molecule has 1 spiro atoms. The zero-order valence-corrected chi connectivity index (χ0v) is 19.4. The largest absolute Gasteiger partial charge is 0.342 e. The number of aromatic nitrogens is 3. The van der Waals surface area contributed by atoms with Gasteiger partial charge in [0.15, 0.2) is 10.6 Å². The van der Waals surface area contributed by atoms with Crippen molar-refractivity contribution in [1.29, 1.82) is 0 Å². The molecule has 2 atom stereocenters. The van der Waals surface area contributed by atoms with E-state index >= 15 is 0 Å². The molecule has 5 heterocycles. The van der Waals surface area contributed by atoms with Crippen molar-refractivity contribution < 1.29 is 23.1 Å². The Morgan fingerprint density at radius 3 is 2.57 bits per heavy atom. The van der Waals surface area contributed by atoms with E-state index in [0.29, 0.717) is 55.0 Å². The summed E-state index contributed by atoms with van der Waals surface area (Å²) >= 11 is 1.18. The van der Waals surface area contributed by atoms with Gasteiger partial charge >= 0.3 is 0 Å². The molecule has 0 bridgehead atoms. The number of hydrogen-bond donors (Lipinski definition) is 0. The summed E-state index contributed by atoms with van der Waals surface area (Å²) in [5.74, 6) is -1.74. The third-order valence-corrected chi connectivity index (χ3v) is 7.87. The van der Waals surface area contributed by atoms with Gasteiger partial charge in [-0.15, -0.1) is 10.2 Å². The molecule has 3 aromatic rings. The van der Waals surface area contributed by atoms with Gasteiger partial charge in [0.1, 0.15) is 23.6 Å². The van der Waals surface area contributed by atoms with Crippen LogP contribution in [-0.2, 0) is 9.53 Å². The van der Waals surface area contributed by atoms with E-state index in [1.54, 1.807) is 28.1 Å². The number of pyridine rings is 1. The van der Waals surface area contributed by atoms with Gasteiger partial charge < -0.3 is 14.5 Å². The lowest BCUT2D eigenvalue weighted by atomic mass is 9.89. The smallest absolute Gasteiger partial charge is 0.284 e. The van der Waals surface area contributed by atoms with Crippen LogP contribution in [0, 0.1) is 11.6 Å². The molecule has 3 fully saturated rings. The molecule has 180 valence electrons. The van der Waals surface area contributed by atoms with Crippen LogP contribution in [0.2, 0.25) is 0 Å². The van der Waals surface area contributed by atoms with E-state index in [4.69, 9.17) is 4.74 Å². The number of nitrogens with zero attached hydrogens (tertiary/aromatic N) is 5. The summed E-state index contributed by atoms with van der Waals surface area (Å²) in [6.45, 7) is 0.672. The monoisotopic (exact) mass is 497 g/mol. The highest BCUT2D eigenvalue weighted by atomic mass is 32.1. The van der Waals surface area contributed by atoms with E-state index in [1.807, 2.05) is 6.07 Å². The first-order chi connectivity index (χ1) is 16.9. The minimum atomic E-state index is -1.02. The third-order valence-electron chi connectivity index (χ3n) is 6.94. The molecule has 2 amide bonds. The van der Waals surface area contributed by atoms with E-state index in [1.165, 1.54) is 23.5 Å². The molecule has 1 aromatic carbocycles. The molecule has 3 aliphatic rings. The van der Waals surface area contributed by atoms with Crippen LogP contribution in [0.5, 0.6) is 0 Å². The van der Waals surface area contributed by atoms with Crippen molar-refractivity contribution in [3.05, 3.63) is 64.8 Å². The van der Waals surface area contributed by atoms with Crippen molar-refractivity contribution in [2.24, 2.45) is 0 Å². The summed E-state index contributed by atoms with van der Waals surface area (Å²) in [4.78, 5) is 34.1. The number of rotatable bonds is 3. The number of ether oxygens (including phenoxy) is 1. The van der Waals surface area contributed by atoms with Crippen LogP contribution in [0.3, 0.4) is 0 Å². The predicted octanol–water partition coefficient (Wildman–Crippen LogP) is 3.57. The standard InChI is InChI=1S/C24H21F2N5O3S/c25-15-11-14(12-16(26)13-15)18-4-5-19-31(18)23(33)24(34-19)6-9-30(10-7-24)22(32)21-29-28-20(35-21)17-3-1-2-8-27-17/h1-3,8,11-13,18-19H,4-7,9-10H2/t18-,19?/m0/s1. The van der Waals surface area contributed by atoms with Crippen molar-refractivity contribution >= 4 is 23.2 Å². The van der Waals surface area contributed by atoms with Gasteiger partial charge in [0.05, 0.1) is 6.04 Å². The zero-order valence-electron chi connectivity index (χ0n) is 18.6. The van der Waals surface area contributed by atoms with Crippen molar-refractivity contribution in [2.45, 2.75) is 43.6 Å². The lowest BCUT2D eigenvalue weighted by molar-refractivity contribution is -0.142.